The number of Topliss-reactive ketones (excluding diaryl/α,β-unsaturated/α-hetero) is 1. The topological polar surface area (TPSA) is 97.8 Å². The third-order valence-corrected chi connectivity index (χ3v) is 7.03. The van der Waals surface area contributed by atoms with Crippen molar-refractivity contribution in [2.24, 2.45) is 0 Å². The molecule has 216 valence electrons. The van der Waals surface area contributed by atoms with Crippen LogP contribution in [0, 0.1) is 6.92 Å². The first-order valence-corrected chi connectivity index (χ1v) is 13.2. The smallest absolute Gasteiger partial charge is 0.295 e. The van der Waals surface area contributed by atoms with E-state index in [0.717, 1.165) is 5.56 Å². The number of carbonyl (C=O) groups is 2. The van der Waals surface area contributed by atoms with Crippen LogP contribution in [-0.4, -0.2) is 75.1 Å². The summed E-state index contributed by atoms with van der Waals surface area (Å²) in [4.78, 5) is 30.2. The van der Waals surface area contributed by atoms with Crippen molar-refractivity contribution in [3.63, 3.8) is 0 Å². The van der Waals surface area contributed by atoms with Crippen LogP contribution in [0.5, 0.6) is 23.0 Å². The summed E-state index contributed by atoms with van der Waals surface area (Å²) in [6.45, 7) is 2.99. The number of aryl methyl sites for hydroxylation is 1. The molecule has 4 rings (SSSR count). The number of methoxy groups -OCH3 is 3. The van der Waals surface area contributed by atoms with Crippen LogP contribution in [0.25, 0.3) is 5.76 Å². The van der Waals surface area contributed by atoms with Crippen molar-refractivity contribution >= 4 is 17.4 Å². The molecule has 1 fully saturated rings. The van der Waals surface area contributed by atoms with E-state index in [9.17, 15) is 14.7 Å². The van der Waals surface area contributed by atoms with Crippen LogP contribution in [0.3, 0.4) is 0 Å². The molecule has 1 aliphatic heterocycles. The molecule has 3 aromatic carbocycles. The van der Waals surface area contributed by atoms with Crippen molar-refractivity contribution in [1.82, 2.24) is 9.80 Å². The lowest BCUT2D eigenvalue weighted by atomic mass is 9.93. The minimum absolute atomic E-state index is 0.0101. The van der Waals surface area contributed by atoms with Crippen LogP contribution in [0.1, 0.15) is 28.3 Å². The number of rotatable bonds is 11. The largest absolute Gasteiger partial charge is 0.507 e. The molecule has 1 heterocycles. The average Bonchev–Trinajstić information content (AvgIpc) is 3.23. The Morgan fingerprint density at radius 2 is 1.59 bits per heavy atom. The van der Waals surface area contributed by atoms with Crippen LogP contribution >= 0.6 is 0 Å². The van der Waals surface area contributed by atoms with Gasteiger partial charge < -0.3 is 33.9 Å². The van der Waals surface area contributed by atoms with Crippen molar-refractivity contribution < 1.29 is 33.6 Å². The van der Waals surface area contributed by atoms with E-state index in [1.807, 2.05) is 56.3 Å². The van der Waals surface area contributed by atoms with Gasteiger partial charge in [0.1, 0.15) is 18.1 Å². The van der Waals surface area contributed by atoms with Gasteiger partial charge in [0.25, 0.3) is 11.7 Å². The van der Waals surface area contributed by atoms with E-state index in [1.54, 1.807) is 30.3 Å². The number of aliphatic hydroxyl groups is 1. The van der Waals surface area contributed by atoms with E-state index in [1.165, 1.54) is 26.2 Å². The summed E-state index contributed by atoms with van der Waals surface area (Å²) in [5.74, 6) is 0.0340. The summed E-state index contributed by atoms with van der Waals surface area (Å²) < 4.78 is 22.5. The molecule has 0 aliphatic carbocycles. The monoisotopic (exact) mass is 560 g/mol. The van der Waals surface area contributed by atoms with Gasteiger partial charge in [0.15, 0.2) is 11.5 Å². The molecule has 1 saturated heterocycles. The van der Waals surface area contributed by atoms with Crippen molar-refractivity contribution in [2.75, 3.05) is 48.5 Å². The Hall–Kier alpha value is -4.50. The lowest BCUT2D eigenvalue weighted by Gasteiger charge is -2.27. The Labute approximate surface area is 240 Å². The summed E-state index contributed by atoms with van der Waals surface area (Å²) in [7, 11) is 8.26. The molecule has 3 aromatic rings. The van der Waals surface area contributed by atoms with Crippen molar-refractivity contribution in [3.05, 3.63) is 88.5 Å². The van der Waals surface area contributed by atoms with E-state index in [2.05, 4.69) is 0 Å². The summed E-state index contributed by atoms with van der Waals surface area (Å²) in [6, 6.07) is 17.5. The van der Waals surface area contributed by atoms with Crippen molar-refractivity contribution in [2.45, 2.75) is 19.6 Å². The number of likely N-dealkylation sites (N-methyl/N-ethyl adjacent to an activating group) is 1. The Kier molecular flexibility index (Phi) is 9.19. The number of hydrogen-bond acceptors (Lipinski definition) is 8. The third-order valence-electron chi connectivity index (χ3n) is 7.03. The molecular formula is C32H36N2O7. The SMILES string of the molecule is COc1cc(C2/C(=C(\O)c3ccc(OCc4ccccc4)cc3C)C(=O)C(=O)N2CCN(C)C)cc(OC)c1OC. The molecule has 1 unspecified atom stereocenters. The molecule has 9 nitrogen and oxygen atoms in total. The Balaban J connectivity index is 1.79. The quantitative estimate of drug-likeness (QED) is 0.207. The van der Waals surface area contributed by atoms with Gasteiger partial charge in [-0.1, -0.05) is 30.3 Å². The highest BCUT2D eigenvalue weighted by Gasteiger charge is 2.46. The summed E-state index contributed by atoms with van der Waals surface area (Å²) in [5, 5.41) is 11.6. The number of ketones is 1. The van der Waals surface area contributed by atoms with Gasteiger partial charge in [-0.05, 0) is 68.0 Å². The van der Waals surface area contributed by atoms with E-state index >= 15 is 0 Å². The van der Waals surface area contributed by atoms with Gasteiger partial charge in [-0.15, -0.1) is 0 Å². The molecule has 0 saturated carbocycles. The number of likely N-dealkylation sites (tertiary alicyclic amines) is 1. The highest BCUT2D eigenvalue weighted by atomic mass is 16.5. The van der Waals surface area contributed by atoms with Gasteiger partial charge in [0.2, 0.25) is 5.75 Å². The normalized spacial score (nSPS) is 16.3. The molecule has 1 aliphatic rings. The number of hydrogen-bond donors (Lipinski definition) is 1. The van der Waals surface area contributed by atoms with E-state index in [-0.39, 0.29) is 17.9 Å². The zero-order valence-corrected chi connectivity index (χ0v) is 24.3. The van der Waals surface area contributed by atoms with Gasteiger partial charge in [-0.3, -0.25) is 9.59 Å². The van der Waals surface area contributed by atoms with Crippen molar-refractivity contribution in [1.29, 1.82) is 0 Å². The molecule has 0 aromatic heterocycles. The van der Waals surface area contributed by atoms with Gasteiger partial charge in [0.05, 0.1) is 32.9 Å². The predicted octanol–water partition coefficient (Wildman–Crippen LogP) is 4.58. The lowest BCUT2D eigenvalue weighted by molar-refractivity contribution is -0.140. The first-order valence-electron chi connectivity index (χ1n) is 13.2. The van der Waals surface area contributed by atoms with Crippen LogP contribution < -0.4 is 18.9 Å². The molecule has 9 heteroatoms. The van der Waals surface area contributed by atoms with E-state index < -0.39 is 17.7 Å². The average molecular weight is 561 g/mol. The second-order valence-corrected chi connectivity index (χ2v) is 10.0. The van der Waals surface area contributed by atoms with Gasteiger partial charge >= 0.3 is 0 Å². The fraction of sp³-hybridized carbons (Fsp3) is 0.312. The van der Waals surface area contributed by atoms with E-state index in [4.69, 9.17) is 18.9 Å². The summed E-state index contributed by atoms with van der Waals surface area (Å²) in [6.07, 6.45) is 0. The number of nitrogens with zero attached hydrogens (tertiary/aromatic N) is 2. The van der Waals surface area contributed by atoms with Gasteiger partial charge in [0, 0.05) is 18.7 Å². The standard InChI is InChI=1S/C32H36N2O7/c1-20-16-23(41-19-21-10-8-7-9-11-21)12-13-24(20)29(35)27-28(34(15-14-33(2)3)32(37)30(27)36)22-17-25(38-4)31(40-6)26(18-22)39-5/h7-13,16-18,28,35H,14-15,19H2,1-6H3/b29-27+. The van der Waals surface area contributed by atoms with Crippen LogP contribution in [-0.2, 0) is 16.2 Å². The first-order chi connectivity index (χ1) is 19.7. The highest BCUT2D eigenvalue weighted by Crippen LogP contribution is 2.46. The fourth-order valence-electron chi connectivity index (χ4n) is 4.90. The zero-order valence-electron chi connectivity index (χ0n) is 24.3. The lowest BCUT2D eigenvalue weighted by Crippen LogP contribution is -2.35. The maximum atomic E-state index is 13.5. The second-order valence-electron chi connectivity index (χ2n) is 10.0. The summed E-state index contributed by atoms with van der Waals surface area (Å²) >= 11 is 0. The Morgan fingerprint density at radius 1 is 0.927 bits per heavy atom. The maximum absolute atomic E-state index is 13.5. The van der Waals surface area contributed by atoms with E-state index in [0.29, 0.717) is 52.8 Å². The van der Waals surface area contributed by atoms with Crippen LogP contribution in [0.2, 0.25) is 0 Å². The molecule has 0 bridgehead atoms. The van der Waals surface area contributed by atoms with Crippen LogP contribution in [0.15, 0.2) is 66.2 Å². The second kappa shape index (κ2) is 12.8. The minimum atomic E-state index is -0.878. The molecule has 0 radical (unpaired) electrons. The van der Waals surface area contributed by atoms with Crippen LogP contribution in [0.4, 0.5) is 0 Å². The number of ether oxygens (including phenoxy) is 4. The molecule has 1 atom stereocenters. The van der Waals surface area contributed by atoms with Crippen molar-refractivity contribution in [3.8, 4) is 23.0 Å². The Morgan fingerprint density at radius 3 is 2.15 bits per heavy atom. The van der Waals surface area contributed by atoms with Gasteiger partial charge in [-0.2, -0.15) is 0 Å². The molecule has 41 heavy (non-hydrogen) atoms. The molecule has 0 spiro atoms. The maximum Gasteiger partial charge on any atom is 0.295 e. The summed E-state index contributed by atoms with van der Waals surface area (Å²) in [5.41, 5.74) is 2.68. The minimum Gasteiger partial charge on any atom is -0.507 e. The predicted molar refractivity (Wildman–Crippen MR) is 156 cm³/mol. The molecule has 1 amide bonds. The fourth-order valence-corrected chi connectivity index (χ4v) is 4.90. The van der Waals surface area contributed by atoms with Gasteiger partial charge in [-0.25, -0.2) is 0 Å². The Bertz CT molecular complexity index is 1420. The number of carbonyl (C=O) groups excluding carboxylic acids is 2. The number of benzene rings is 3. The third kappa shape index (κ3) is 6.15. The molecular weight excluding hydrogens is 524 g/mol. The number of aliphatic hydroxyl groups excluding tert-OH is 1. The molecule has 1 N–H and O–H groups in total. The number of amides is 1. The first kappa shape index (κ1) is 29.5. The highest BCUT2D eigenvalue weighted by molar-refractivity contribution is 6.46. The zero-order chi connectivity index (χ0) is 29.7.